The van der Waals surface area contributed by atoms with E-state index in [1.807, 2.05) is 0 Å². The van der Waals surface area contributed by atoms with Crippen LogP contribution in [0.3, 0.4) is 0 Å². The van der Waals surface area contributed by atoms with Gasteiger partial charge in [-0.2, -0.15) is 8.78 Å². The first-order chi connectivity index (χ1) is 13.3. The second-order valence-electron chi connectivity index (χ2n) is 7.67. The van der Waals surface area contributed by atoms with E-state index in [1.54, 1.807) is 0 Å². The largest absolute Gasteiger partial charge is 0.352 e. The molecule has 29 heavy (non-hydrogen) atoms. The lowest BCUT2D eigenvalue weighted by atomic mass is 10.0. The number of halogens is 6. The lowest BCUT2D eigenvalue weighted by molar-refractivity contribution is -0.131. The Morgan fingerprint density at radius 2 is 1.79 bits per heavy atom. The van der Waals surface area contributed by atoms with Crippen LogP contribution in [-0.4, -0.2) is 53.8 Å². The van der Waals surface area contributed by atoms with Crippen molar-refractivity contribution in [3.8, 4) is 0 Å². The summed E-state index contributed by atoms with van der Waals surface area (Å²) in [6.45, 7) is 1.59. The average Bonchev–Trinajstić information content (AvgIpc) is 3.02. The number of hydrogen-bond acceptors (Lipinski definition) is 3. The number of benzene rings is 1. The van der Waals surface area contributed by atoms with Gasteiger partial charge in [0.05, 0.1) is 12.3 Å². The molecule has 1 heterocycles. The number of nitrogens with one attached hydrogen (secondary N) is 2. The van der Waals surface area contributed by atoms with Crippen molar-refractivity contribution < 1.29 is 31.1 Å². The van der Waals surface area contributed by atoms with E-state index in [0.29, 0.717) is 25.5 Å². The van der Waals surface area contributed by atoms with E-state index in [1.165, 1.54) is 4.90 Å². The van der Waals surface area contributed by atoms with E-state index in [-0.39, 0.29) is 12.6 Å². The molecule has 10 heteroatoms. The first kappa shape index (κ1) is 23.2. The molecule has 2 rings (SSSR count). The smallest absolute Gasteiger partial charge is 0.297 e. The van der Waals surface area contributed by atoms with E-state index >= 15 is 0 Å². The van der Waals surface area contributed by atoms with Crippen molar-refractivity contribution in [1.29, 1.82) is 5.41 Å². The van der Waals surface area contributed by atoms with Crippen molar-refractivity contribution in [2.75, 3.05) is 19.6 Å². The number of rotatable bonds is 8. The van der Waals surface area contributed by atoms with Gasteiger partial charge in [-0.1, -0.05) is 0 Å². The Balaban J connectivity index is 2.00. The summed E-state index contributed by atoms with van der Waals surface area (Å²) in [4.78, 5) is 13.0. The van der Waals surface area contributed by atoms with E-state index in [2.05, 4.69) is 5.32 Å². The van der Waals surface area contributed by atoms with Gasteiger partial charge in [0.15, 0.2) is 17.3 Å². The Labute approximate surface area is 164 Å². The zero-order valence-electron chi connectivity index (χ0n) is 16.1. The normalized spacial score (nSPS) is 18.1. The zero-order chi connectivity index (χ0) is 22.0. The highest BCUT2D eigenvalue weighted by molar-refractivity contribution is 5.90. The van der Waals surface area contributed by atoms with Gasteiger partial charge in [-0.15, -0.1) is 0 Å². The molecule has 0 radical (unpaired) electrons. The molecule has 1 saturated heterocycles. The minimum Gasteiger partial charge on any atom is -0.352 e. The van der Waals surface area contributed by atoms with Gasteiger partial charge in [0, 0.05) is 25.1 Å². The molecule has 1 aromatic rings. The summed E-state index contributed by atoms with van der Waals surface area (Å²) in [6.07, 6.45) is 0.219. The van der Waals surface area contributed by atoms with Crippen LogP contribution in [0.5, 0.6) is 0 Å². The third kappa shape index (κ3) is 5.94. The Morgan fingerprint density at radius 3 is 2.41 bits per heavy atom. The second-order valence-corrected chi connectivity index (χ2v) is 7.67. The van der Waals surface area contributed by atoms with Crippen LogP contribution in [0.1, 0.15) is 32.3 Å². The van der Waals surface area contributed by atoms with Gasteiger partial charge >= 0.3 is 0 Å². The Bertz CT molecular complexity index is 778. The van der Waals surface area contributed by atoms with Crippen LogP contribution in [-0.2, 0) is 11.2 Å². The fraction of sp³-hybridized carbons (Fsp3) is 0.579. The molecule has 0 saturated carbocycles. The fourth-order valence-corrected chi connectivity index (χ4v) is 3.12. The van der Waals surface area contributed by atoms with Crippen LogP contribution in [0.15, 0.2) is 12.1 Å². The van der Waals surface area contributed by atoms with Gasteiger partial charge in [0.1, 0.15) is 5.82 Å². The van der Waals surface area contributed by atoms with Gasteiger partial charge < -0.3 is 10.7 Å². The molecule has 162 valence electrons. The average molecular weight is 423 g/mol. The molecule has 0 bridgehead atoms. The molecule has 0 spiro atoms. The highest BCUT2D eigenvalue weighted by Gasteiger charge is 2.40. The summed E-state index contributed by atoms with van der Waals surface area (Å²) in [5.41, 5.74) is -3.77. The van der Waals surface area contributed by atoms with Gasteiger partial charge in [-0.25, -0.2) is 17.6 Å². The minimum absolute atomic E-state index is 0.0204. The lowest BCUT2D eigenvalue weighted by Crippen LogP contribution is -2.49. The van der Waals surface area contributed by atoms with Crippen molar-refractivity contribution in [2.45, 2.75) is 50.7 Å². The van der Waals surface area contributed by atoms with Gasteiger partial charge in [0.25, 0.3) is 11.8 Å². The van der Waals surface area contributed by atoms with Crippen molar-refractivity contribution in [3.05, 3.63) is 35.1 Å². The first-order valence-electron chi connectivity index (χ1n) is 9.11. The molecule has 2 N–H and O–H groups in total. The van der Waals surface area contributed by atoms with E-state index in [0.717, 1.165) is 13.8 Å². The number of carbonyl (C=O) groups excluding carboxylic acids is 1. The molecule has 0 aromatic heterocycles. The van der Waals surface area contributed by atoms with Crippen molar-refractivity contribution in [1.82, 2.24) is 10.2 Å². The Hall–Kier alpha value is -2.10. The highest BCUT2D eigenvalue weighted by Crippen LogP contribution is 2.26. The SMILES string of the molecule is CC(C)(F)C(=O)NCC1CCCN1CC(F)(F)C(=N)Cc1cc(F)c(F)cc1F. The molecule has 1 aromatic carbocycles. The summed E-state index contributed by atoms with van der Waals surface area (Å²) in [7, 11) is 0. The molecular weight excluding hydrogens is 400 g/mol. The van der Waals surface area contributed by atoms with Crippen molar-refractivity contribution >= 4 is 11.6 Å². The number of nitrogens with zero attached hydrogens (tertiary/aromatic N) is 1. The van der Waals surface area contributed by atoms with E-state index in [4.69, 9.17) is 5.41 Å². The predicted molar refractivity (Wildman–Crippen MR) is 95.5 cm³/mol. The molecule has 4 nitrogen and oxygen atoms in total. The van der Waals surface area contributed by atoms with Crippen LogP contribution >= 0.6 is 0 Å². The minimum atomic E-state index is -3.65. The third-order valence-corrected chi connectivity index (χ3v) is 4.84. The molecule has 1 aliphatic heterocycles. The van der Waals surface area contributed by atoms with Crippen molar-refractivity contribution in [3.63, 3.8) is 0 Å². The number of likely N-dealkylation sites (tertiary alicyclic amines) is 1. The Morgan fingerprint density at radius 1 is 1.17 bits per heavy atom. The zero-order valence-corrected chi connectivity index (χ0v) is 16.1. The molecule has 1 atom stereocenters. The molecule has 1 unspecified atom stereocenters. The standard InChI is InChI=1S/C19H23F6N3O/c1-18(2,23)17(29)27-9-12-4-3-5-28(12)10-19(24,25)16(26)7-11-6-14(21)15(22)8-13(11)20/h6,8,12,26H,3-5,7,9-10H2,1-2H3,(H,27,29). The van der Waals surface area contributed by atoms with E-state index in [9.17, 15) is 31.1 Å². The topological polar surface area (TPSA) is 56.2 Å². The summed E-state index contributed by atoms with van der Waals surface area (Å²) in [5, 5.41) is 10.0. The van der Waals surface area contributed by atoms with Crippen LogP contribution < -0.4 is 5.32 Å². The maximum Gasteiger partial charge on any atom is 0.297 e. The summed E-state index contributed by atoms with van der Waals surface area (Å²) < 4.78 is 82.5. The summed E-state index contributed by atoms with van der Waals surface area (Å²) >= 11 is 0. The maximum absolute atomic E-state index is 14.5. The van der Waals surface area contributed by atoms with Gasteiger partial charge in [-0.3, -0.25) is 9.69 Å². The molecule has 1 aliphatic rings. The van der Waals surface area contributed by atoms with E-state index < -0.39 is 65.2 Å². The van der Waals surface area contributed by atoms with Crippen LogP contribution in [0.25, 0.3) is 0 Å². The first-order valence-corrected chi connectivity index (χ1v) is 9.11. The summed E-state index contributed by atoms with van der Waals surface area (Å²) in [5.74, 6) is -8.53. The second kappa shape index (κ2) is 8.73. The molecule has 0 aliphatic carbocycles. The summed E-state index contributed by atoms with van der Waals surface area (Å²) in [6, 6.07) is 0.254. The maximum atomic E-state index is 14.5. The quantitative estimate of drug-likeness (QED) is 0.381. The number of alkyl halides is 3. The lowest BCUT2D eigenvalue weighted by Gasteiger charge is -2.29. The highest BCUT2D eigenvalue weighted by atomic mass is 19.3. The molecule has 1 amide bonds. The number of carbonyl (C=O) groups is 1. The number of amides is 1. The molecular formula is C19H23F6N3O. The predicted octanol–water partition coefficient (Wildman–Crippen LogP) is 3.63. The van der Waals surface area contributed by atoms with Crippen LogP contribution in [0.4, 0.5) is 26.3 Å². The van der Waals surface area contributed by atoms with Crippen molar-refractivity contribution in [2.24, 2.45) is 0 Å². The third-order valence-electron chi connectivity index (χ3n) is 4.84. The van der Waals surface area contributed by atoms with Crippen LogP contribution in [0.2, 0.25) is 0 Å². The monoisotopic (exact) mass is 423 g/mol. The molecule has 1 fully saturated rings. The van der Waals surface area contributed by atoms with Crippen LogP contribution in [0, 0.1) is 22.9 Å². The van der Waals surface area contributed by atoms with Gasteiger partial charge in [0.2, 0.25) is 0 Å². The number of hydrogen-bond donors (Lipinski definition) is 2. The van der Waals surface area contributed by atoms with Gasteiger partial charge in [-0.05, 0) is 44.9 Å². The fourth-order valence-electron chi connectivity index (χ4n) is 3.12. The Kier molecular flexibility index (Phi) is 6.97.